The molecular weight excluding hydrogens is 461 g/mol. The Labute approximate surface area is 200 Å². The minimum atomic E-state index is -4.35. The molecule has 7 nitrogen and oxygen atoms in total. The van der Waals surface area contributed by atoms with Gasteiger partial charge in [0, 0.05) is 37.7 Å². The number of halogens is 3. The molecule has 2 unspecified atom stereocenters. The first-order chi connectivity index (χ1) is 16.8. The van der Waals surface area contributed by atoms with Crippen LogP contribution in [-0.2, 0) is 17.5 Å². The number of hydrogen-bond acceptors (Lipinski definition) is 6. The van der Waals surface area contributed by atoms with E-state index in [-0.39, 0.29) is 17.7 Å². The molecule has 1 saturated heterocycles. The molecule has 2 atom stereocenters. The Kier molecular flexibility index (Phi) is 6.22. The largest absolute Gasteiger partial charge is 0.497 e. The minimum absolute atomic E-state index is 0.00224. The Morgan fingerprint density at radius 2 is 1.74 bits per heavy atom. The van der Waals surface area contributed by atoms with Crippen LogP contribution in [-0.4, -0.2) is 59.1 Å². The number of aromatic nitrogens is 2. The molecule has 10 heteroatoms. The molecular formula is C25H25F3N4O3. The van der Waals surface area contributed by atoms with Crippen LogP contribution in [0.15, 0.2) is 53.1 Å². The maximum Gasteiger partial charge on any atom is 0.416 e. The van der Waals surface area contributed by atoms with E-state index in [1.54, 1.807) is 7.11 Å². The van der Waals surface area contributed by atoms with Crippen LogP contribution in [0.2, 0.25) is 0 Å². The average molecular weight is 486 g/mol. The van der Waals surface area contributed by atoms with Gasteiger partial charge in [-0.3, -0.25) is 9.69 Å². The molecule has 35 heavy (non-hydrogen) atoms. The quantitative estimate of drug-likeness (QED) is 0.520. The van der Waals surface area contributed by atoms with Crippen LogP contribution < -0.4 is 4.74 Å². The van der Waals surface area contributed by atoms with Crippen molar-refractivity contribution in [2.75, 3.05) is 33.3 Å². The van der Waals surface area contributed by atoms with E-state index in [0.717, 1.165) is 29.0 Å². The van der Waals surface area contributed by atoms with Gasteiger partial charge in [0.1, 0.15) is 5.75 Å². The zero-order valence-corrected chi connectivity index (χ0v) is 19.2. The van der Waals surface area contributed by atoms with E-state index >= 15 is 0 Å². The molecule has 0 bridgehead atoms. The van der Waals surface area contributed by atoms with Crippen LogP contribution >= 0.6 is 0 Å². The molecule has 0 spiro atoms. The molecule has 184 valence electrons. The van der Waals surface area contributed by atoms with Gasteiger partial charge in [-0.1, -0.05) is 17.3 Å². The van der Waals surface area contributed by atoms with Crippen molar-refractivity contribution < 1.29 is 27.2 Å². The normalized spacial score (nSPS) is 20.6. The van der Waals surface area contributed by atoms with Crippen molar-refractivity contribution in [3.63, 3.8) is 0 Å². The Bertz CT molecular complexity index is 1170. The SMILES string of the molecule is COc1ccc(-c2noc(CN3CCN(C(=O)C4CC4c4ccc(C(F)(F)F)cc4)CC3)n2)cc1. The van der Waals surface area contributed by atoms with Gasteiger partial charge in [0.15, 0.2) is 0 Å². The van der Waals surface area contributed by atoms with Gasteiger partial charge in [-0.25, -0.2) is 0 Å². The zero-order valence-electron chi connectivity index (χ0n) is 19.2. The van der Waals surface area contributed by atoms with Gasteiger partial charge in [0.05, 0.1) is 19.2 Å². The number of methoxy groups -OCH3 is 1. The molecule has 5 rings (SSSR count). The summed E-state index contributed by atoms with van der Waals surface area (Å²) < 4.78 is 48.9. The number of piperazine rings is 1. The fourth-order valence-corrected chi connectivity index (χ4v) is 4.48. The third-order valence-corrected chi connectivity index (χ3v) is 6.63. The lowest BCUT2D eigenvalue weighted by Gasteiger charge is -2.34. The number of hydrogen-bond donors (Lipinski definition) is 0. The second kappa shape index (κ2) is 9.33. The van der Waals surface area contributed by atoms with Gasteiger partial charge < -0.3 is 14.2 Å². The van der Waals surface area contributed by atoms with E-state index in [9.17, 15) is 18.0 Å². The first-order valence-electron chi connectivity index (χ1n) is 11.5. The summed E-state index contributed by atoms with van der Waals surface area (Å²) in [5, 5.41) is 4.06. The molecule has 2 aromatic carbocycles. The molecule has 2 heterocycles. The molecule has 1 aliphatic heterocycles. The van der Waals surface area contributed by atoms with Crippen molar-refractivity contribution in [2.45, 2.75) is 25.1 Å². The average Bonchev–Trinajstić information content (AvgIpc) is 3.54. The van der Waals surface area contributed by atoms with E-state index < -0.39 is 11.7 Å². The fourth-order valence-electron chi connectivity index (χ4n) is 4.48. The summed E-state index contributed by atoms with van der Waals surface area (Å²) in [5.74, 6) is 1.70. The molecule has 1 aromatic heterocycles. The van der Waals surface area contributed by atoms with Gasteiger partial charge in [-0.2, -0.15) is 18.2 Å². The standard InChI is InChI=1S/C25H25F3N4O3/c1-34-19-8-4-17(5-9-19)23-29-22(35-30-23)15-31-10-12-32(13-11-31)24(33)21-14-20(21)16-2-6-18(7-3-16)25(26,27)28/h2-9,20-21H,10-15H2,1H3. The van der Waals surface area contributed by atoms with E-state index in [0.29, 0.717) is 50.9 Å². The lowest BCUT2D eigenvalue weighted by atomic mass is 10.1. The summed E-state index contributed by atoms with van der Waals surface area (Å²) in [6.07, 6.45) is -3.67. The first-order valence-corrected chi connectivity index (χ1v) is 11.5. The molecule has 0 N–H and O–H groups in total. The van der Waals surface area contributed by atoms with Crippen LogP contribution in [0.25, 0.3) is 11.4 Å². The third-order valence-electron chi connectivity index (χ3n) is 6.63. The molecule has 1 amide bonds. The number of amides is 1. The van der Waals surface area contributed by atoms with Gasteiger partial charge >= 0.3 is 6.18 Å². The number of rotatable bonds is 6. The Hall–Kier alpha value is -3.40. The first kappa shape index (κ1) is 23.3. The van der Waals surface area contributed by atoms with Crippen molar-refractivity contribution in [1.82, 2.24) is 19.9 Å². The summed E-state index contributed by atoms with van der Waals surface area (Å²) in [6, 6.07) is 12.6. The lowest BCUT2D eigenvalue weighted by molar-refractivity contribution is -0.137. The smallest absolute Gasteiger partial charge is 0.416 e. The van der Waals surface area contributed by atoms with Crippen LogP contribution in [0.4, 0.5) is 13.2 Å². The monoisotopic (exact) mass is 486 g/mol. The van der Waals surface area contributed by atoms with Crippen LogP contribution in [0.3, 0.4) is 0 Å². The van der Waals surface area contributed by atoms with E-state index in [1.807, 2.05) is 29.2 Å². The topological polar surface area (TPSA) is 71.7 Å². The van der Waals surface area contributed by atoms with Crippen molar-refractivity contribution in [2.24, 2.45) is 5.92 Å². The maximum absolute atomic E-state index is 12.9. The molecule has 0 radical (unpaired) electrons. The number of nitrogens with zero attached hydrogens (tertiary/aromatic N) is 4. The van der Waals surface area contributed by atoms with Crippen LogP contribution in [0.5, 0.6) is 5.75 Å². The highest BCUT2D eigenvalue weighted by atomic mass is 19.4. The zero-order chi connectivity index (χ0) is 24.6. The molecule has 2 aliphatic rings. The predicted molar refractivity (Wildman–Crippen MR) is 120 cm³/mol. The molecule has 3 aromatic rings. The second-order valence-electron chi connectivity index (χ2n) is 8.91. The van der Waals surface area contributed by atoms with Gasteiger partial charge in [-0.15, -0.1) is 0 Å². The van der Waals surface area contributed by atoms with E-state index in [1.165, 1.54) is 12.1 Å². The Morgan fingerprint density at radius 3 is 2.37 bits per heavy atom. The number of carbonyl (C=O) groups is 1. The number of alkyl halides is 3. The number of benzene rings is 2. The van der Waals surface area contributed by atoms with Gasteiger partial charge in [0.25, 0.3) is 0 Å². The highest BCUT2D eigenvalue weighted by molar-refractivity contribution is 5.83. The summed E-state index contributed by atoms with van der Waals surface area (Å²) in [4.78, 5) is 21.4. The Balaban J connectivity index is 1.11. The third kappa shape index (κ3) is 5.17. The number of ether oxygens (including phenoxy) is 1. The van der Waals surface area contributed by atoms with Crippen LogP contribution in [0.1, 0.15) is 29.4 Å². The van der Waals surface area contributed by atoms with Crippen molar-refractivity contribution in [1.29, 1.82) is 0 Å². The van der Waals surface area contributed by atoms with Crippen molar-refractivity contribution >= 4 is 5.91 Å². The number of carbonyl (C=O) groups excluding carboxylic acids is 1. The second-order valence-corrected chi connectivity index (χ2v) is 8.91. The highest BCUT2D eigenvalue weighted by Gasteiger charge is 2.46. The van der Waals surface area contributed by atoms with Gasteiger partial charge in [-0.05, 0) is 54.3 Å². The summed E-state index contributed by atoms with van der Waals surface area (Å²) in [6.45, 7) is 3.05. The van der Waals surface area contributed by atoms with Crippen molar-refractivity contribution in [3.8, 4) is 17.1 Å². The summed E-state index contributed by atoms with van der Waals surface area (Å²) in [7, 11) is 1.61. The summed E-state index contributed by atoms with van der Waals surface area (Å²) >= 11 is 0. The molecule has 1 aliphatic carbocycles. The van der Waals surface area contributed by atoms with E-state index in [4.69, 9.17) is 9.26 Å². The summed E-state index contributed by atoms with van der Waals surface area (Å²) in [5.41, 5.74) is 0.959. The minimum Gasteiger partial charge on any atom is -0.497 e. The van der Waals surface area contributed by atoms with Crippen LogP contribution in [0, 0.1) is 5.92 Å². The molecule has 2 fully saturated rings. The highest BCUT2D eigenvalue weighted by Crippen LogP contribution is 2.49. The van der Waals surface area contributed by atoms with E-state index in [2.05, 4.69) is 15.0 Å². The lowest BCUT2D eigenvalue weighted by Crippen LogP contribution is -2.48. The Morgan fingerprint density at radius 1 is 1.06 bits per heavy atom. The molecule has 1 saturated carbocycles. The fraction of sp³-hybridized carbons (Fsp3) is 0.400. The van der Waals surface area contributed by atoms with Crippen molar-refractivity contribution in [3.05, 3.63) is 65.5 Å². The maximum atomic E-state index is 12.9. The predicted octanol–water partition coefficient (Wildman–Crippen LogP) is 4.21. The van der Waals surface area contributed by atoms with Gasteiger partial charge in [0.2, 0.25) is 17.6 Å².